The molecule has 1 atom stereocenters. The Morgan fingerprint density at radius 3 is 2.57 bits per heavy atom. The maximum atomic E-state index is 12.8. The van der Waals surface area contributed by atoms with Crippen LogP contribution >= 0.6 is 0 Å². The number of nitrogens with one attached hydrogen (secondary N) is 2. The summed E-state index contributed by atoms with van der Waals surface area (Å²) in [6.07, 6.45) is 2.61. The van der Waals surface area contributed by atoms with Crippen LogP contribution in [0.1, 0.15) is 30.1 Å². The molecule has 6 nitrogen and oxygen atoms in total. The smallest absolute Gasteiger partial charge is 0.254 e. The van der Waals surface area contributed by atoms with E-state index in [9.17, 15) is 14.4 Å². The molecule has 120 valence electrons. The molecule has 0 aromatic heterocycles. The highest BCUT2D eigenvalue weighted by atomic mass is 16.2. The van der Waals surface area contributed by atoms with Gasteiger partial charge < -0.3 is 15.5 Å². The molecule has 1 aromatic carbocycles. The highest BCUT2D eigenvalue weighted by Crippen LogP contribution is 2.44. The van der Waals surface area contributed by atoms with Crippen molar-refractivity contribution < 1.29 is 14.4 Å². The molecule has 1 saturated carbocycles. The molecule has 1 aliphatic carbocycles. The van der Waals surface area contributed by atoms with Crippen LogP contribution in [0.5, 0.6) is 0 Å². The predicted molar refractivity (Wildman–Crippen MR) is 85.9 cm³/mol. The molecule has 1 unspecified atom stereocenters. The third-order valence-corrected chi connectivity index (χ3v) is 4.33. The van der Waals surface area contributed by atoms with Gasteiger partial charge in [-0.2, -0.15) is 0 Å². The lowest BCUT2D eigenvalue weighted by molar-refractivity contribution is -0.130. The van der Waals surface area contributed by atoms with Crippen molar-refractivity contribution in [1.29, 1.82) is 0 Å². The molecular formula is C17H19N3O3. The number of carbonyl (C=O) groups excluding carboxylic acids is 3. The molecule has 3 amide bonds. The maximum Gasteiger partial charge on any atom is 0.254 e. The van der Waals surface area contributed by atoms with E-state index in [0.717, 1.165) is 0 Å². The van der Waals surface area contributed by atoms with Gasteiger partial charge in [0.2, 0.25) is 11.8 Å². The number of anilines is 1. The van der Waals surface area contributed by atoms with E-state index in [1.54, 1.807) is 29.2 Å². The molecule has 1 aliphatic heterocycles. The van der Waals surface area contributed by atoms with Gasteiger partial charge in [-0.25, -0.2) is 0 Å². The lowest BCUT2D eigenvalue weighted by Gasteiger charge is -2.38. The van der Waals surface area contributed by atoms with Crippen molar-refractivity contribution in [3.63, 3.8) is 0 Å². The van der Waals surface area contributed by atoms with Crippen molar-refractivity contribution in [2.45, 2.75) is 31.3 Å². The van der Waals surface area contributed by atoms with Gasteiger partial charge in [-0.15, -0.1) is 0 Å². The Morgan fingerprint density at radius 1 is 1.35 bits per heavy atom. The molecule has 2 aliphatic rings. The summed E-state index contributed by atoms with van der Waals surface area (Å²) in [5, 5.41) is 5.55. The first-order chi connectivity index (χ1) is 11.0. The van der Waals surface area contributed by atoms with Crippen molar-refractivity contribution in [3.8, 4) is 0 Å². The summed E-state index contributed by atoms with van der Waals surface area (Å²) in [7, 11) is 0. The zero-order valence-corrected chi connectivity index (χ0v) is 13.0. The summed E-state index contributed by atoms with van der Waals surface area (Å²) in [6.45, 7) is 5.79. The van der Waals surface area contributed by atoms with Gasteiger partial charge in [0.15, 0.2) is 0 Å². The van der Waals surface area contributed by atoms with Crippen LogP contribution in [0, 0.1) is 0 Å². The van der Waals surface area contributed by atoms with Crippen LogP contribution < -0.4 is 10.6 Å². The van der Waals surface area contributed by atoms with Gasteiger partial charge in [-0.3, -0.25) is 14.4 Å². The number of piperazine rings is 1. The fraction of sp³-hybridized carbons (Fsp3) is 0.353. The number of nitrogens with zero attached hydrogens (tertiary/aromatic N) is 1. The number of hydrogen-bond acceptors (Lipinski definition) is 3. The van der Waals surface area contributed by atoms with Crippen LogP contribution in [0.4, 0.5) is 5.69 Å². The number of carbonyl (C=O) groups is 3. The van der Waals surface area contributed by atoms with Gasteiger partial charge in [0.25, 0.3) is 5.91 Å². The SMILES string of the molecule is C=CC(=O)Nc1ccc(C(=O)N2CC(C)NC(=O)C23CC3)cc1. The summed E-state index contributed by atoms with van der Waals surface area (Å²) in [5.74, 6) is -0.507. The van der Waals surface area contributed by atoms with Crippen molar-refractivity contribution >= 4 is 23.4 Å². The summed E-state index contributed by atoms with van der Waals surface area (Å²) < 4.78 is 0. The van der Waals surface area contributed by atoms with Crippen molar-refractivity contribution in [2.75, 3.05) is 11.9 Å². The Morgan fingerprint density at radius 2 is 2.00 bits per heavy atom. The van der Waals surface area contributed by atoms with E-state index >= 15 is 0 Å². The second kappa shape index (κ2) is 5.53. The predicted octanol–water partition coefficient (Wildman–Crippen LogP) is 1.30. The molecule has 3 rings (SSSR count). The largest absolute Gasteiger partial charge is 0.350 e. The molecule has 2 N–H and O–H groups in total. The van der Waals surface area contributed by atoms with E-state index in [0.29, 0.717) is 30.6 Å². The molecule has 1 heterocycles. The van der Waals surface area contributed by atoms with E-state index in [2.05, 4.69) is 17.2 Å². The second-order valence-corrected chi connectivity index (χ2v) is 6.09. The zero-order valence-electron chi connectivity index (χ0n) is 13.0. The van der Waals surface area contributed by atoms with Crippen LogP contribution in [0.2, 0.25) is 0 Å². The average Bonchev–Trinajstić information content (AvgIpc) is 3.33. The number of amides is 3. The first-order valence-electron chi connectivity index (χ1n) is 7.63. The molecule has 0 bridgehead atoms. The Labute approximate surface area is 134 Å². The third-order valence-electron chi connectivity index (χ3n) is 4.33. The highest BCUT2D eigenvalue weighted by molar-refractivity contribution is 6.02. The van der Waals surface area contributed by atoms with E-state index in [1.165, 1.54) is 6.08 Å². The number of rotatable bonds is 3. The quantitative estimate of drug-likeness (QED) is 0.826. The molecule has 0 radical (unpaired) electrons. The molecule has 1 spiro atoms. The van der Waals surface area contributed by atoms with Crippen molar-refractivity contribution in [1.82, 2.24) is 10.2 Å². The standard InChI is InChI=1S/C17H19N3O3/c1-3-14(21)19-13-6-4-12(5-7-13)15(22)20-10-11(2)18-16(23)17(20)8-9-17/h3-7,11H,1,8-10H2,2H3,(H,18,23)(H,19,21). The molecule has 1 saturated heterocycles. The minimum absolute atomic E-state index is 0.0520. The summed E-state index contributed by atoms with van der Waals surface area (Å²) in [5.41, 5.74) is 0.450. The van der Waals surface area contributed by atoms with Crippen LogP contribution in [-0.2, 0) is 9.59 Å². The Balaban J connectivity index is 1.78. The van der Waals surface area contributed by atoms with Gasteiger partial charge in [0, 0.05) is 23.8 Å². The zero-order chi connectivity index (χ0) is 16.6. The van der Waals surface area contributed by atoms with E-state index in [-0.39, 0.29) is 23.8 Å². The van der Waals surface area contributed by atoms with Gasteiger partial charge in [-0.1, -0.05) is 6.58 Å². The Hall–Kier alpha value is -2.63. The third kappa shape index (κ3) is 2.72. The van der Waals surface area contributed by atoms with Crippen molar-refractivity contribution in [3.05, 3.63) is 42.5 Å². The monoisotopic (exact) mass is 313 g/mol. The van der Waals surface area contributed by atoms with E-state index in [4.69, 9.17) is 0 Å². The molecule has 2 fully saturated rings. The normalized spacial score (nSPS) is 21.5. The summed E-state index contributed by atoms with van der Waals surface area (Å²) >= 11 is 0. The van der Waals surface area contributed by atoms with E-state index < -0.39 is 5.54 Å². The molecule has 6 heteroatoms. The number of benzene rings is 1. The van der Waals surface area contributed by atoms with Crippen LogP contribution in [0.25, 0.3) is 0 Å². The van der Waals surface area contributed by atoms with Crippen molar-refractivity contribution in [2.24, 2.45) is 0 Å². The number of hydrogen-bond donors (Lipinski definition) is 2. The lowest BCUT2D eigenvalue weighted by atomic mass is 10.0. The van der Waals surface area contributed by atoms with Gasteiger partial charge in [0.1, 0.15) is 5.54 Å². The first kappa shape index (κ1) is 15.3. The Kier molecular flexibility index (Phi) is 3.67. The minimum atomic E-state index is -0.653. The average molecular weight is 313 g/mol. The molecule has 23 heavy (non-hydrogen) atoms. The minimum Gasteiger partial charge on any atom is -0.350 e. The van der Waals surface area contributed by atoms with Gasteiger partial charge in [-0.05, 0) is 50.1 Å². The van der Waals surface area contributed by atoms with Crippen LogP contribution in [-0.4, -0.2) is 40.7 Å². The second-order valence-electron chi connectivity index (χ2n) is 6.09. The molecular weight excluding hydrogens is 294 g/mol. The topological polar surface area (TPSA) is 78.5 Å². The summed E-state index contributed by atoms with van der Waals surface area (Å²) in [4.78, 5) is 37.9. The van der Waals surface area contributed by atoms with Crippen LogP contribution in [0.3, 0.4) is 0 Å². The van der Waals surface area contributed by atoms with Crippen LogP contribution in [0.15, 0.2) is 36.9 Å². The van der Waals surface area contributed by atoms with Gasteiger partial charge in [0.05, 0.1) is 0 Å². The summed E-state index contributed by atoms with van der Waals surface area (Å²) in [6, 6.07) is 6.61. The lowest BCUT2D eigenvalue weighted by Crippen LogP contribution is -2.62. The fourth-order valence-corrected chi connectivity index (χ4v) is 2.91. The fourth-order valence-electron chi connectivity index (χ4n) is 2.91. The molecule has 1 aromatic rings. The maximum absolute atomic E-state index is 12.8. The van der Waals surface area contributed by atoms with Gasteiger partial charge >= 0.3 is 0 Å². The highest BCUT2D eigenvalue weighted by Gasteiger charge is 2.58. The first-order valence-corrected chi connectivity index (χ1v) is 7.63. The Bertz CT molecular complexity index is 677. The van der Waals surface area contributed by atoms with E-state index in [1.807, 2.05) is 6.92 Å².